The monoisotopic (exact) mass is 279 g/mol. The maximum absolute atomic E-state index is 13.6. The Bertz CT molecular complexity index is 597. The van der Waals surface area contributed by atoms with E-state index in [2.05, 4.69) is 10.3 Å². The standard InChI is InChI=1S/C13H14FN3OS/c1-8-17-7-11(19-8)6-16-5-10-4-9(13(15)18)2-3-12(10)14/h2-4,7,16H,5-6H2,1H3,(H2,15,18). The summed E-state index contributed by atoms with van der Waals surface area (Å²) in [5.41, 5.74) is 5.91. The van der Waals surface area contributed by atoms with E-state index in [0.717, 1.165) is 9.88 Å². The number of benzene rings is 1. The number of halogens is 1. The third-order valence-corrected chi connectivity index (χ3v) is 3.53. The van der Waals surface area contributed by atoms with E-state index in [-0.39, 0.29) is 5.82 Å². The van der Waals surface area contributed by atoms with Gasteiger partial charge in [0.2, 0.25) is 5.91 Å². The Hall–Kier alpha value is -1.79. The van der Waals surface area contributed by atoms with Gasteiger partial charge >= 0.3 is 0 Å². The predicted octanol–water partition coefficient (Wildman–Crippen LogP) is 1.98. The van der Waals surface area contributed by atoms with E-state index in [4.69, 9.17) is 5.73 Å². The van der Waals surface area contributed by atoms with Crippen LogP contribution < -0.4 is 11.1 Å². The summed E-state index contributed by atoms with van der Waals surface area (Å²) in [4.78, 5) is 16.3. The van der Waals surface area contributed by atoms with Crippen molar-refractivity contribution in [3.63, 3.8) is 0 Å². The molecule has 1 amide bonds. The highest BCUT2D eigenvalue weighted by Crippen LogP contribution is 2.13. The number of aromatic nitrogens is 1. The van der Waals surface area contributed by atoms with Gasteiger partial charge in [-0.25, -0.2) is 9.37 Å². The molecule has 0 aliphatic carbocycles. The number of nitrogens with zero attached hydrogens (tertiary/aromatic N) is 1. The molecule has 0 aliphatic rings. The third kappa shape index (κ3) is 3.59. The predicted molar refractivity (Wildman–Crippen MR) is 72.3 cm³/mol. The normalized spacial score (nSPS) is 10.6. The summed E-state index contributed by atoms with van der Waals surface area (Å²) < 4.78 is 13.6. The Morgan fingerprint density at radius 2 is 2.26 bits per heavy atom. The average molecular weight is 279 g/mol. The highest BCUT2D eigenvalue weighted by molar-refractivity contribution is 7.11. The maximum atomic E-state index is 13.6. The van der Waals surface area contributed by atoms with Gasteiger partial charge in [-0.05, 0) is 25.1 Å². The molecule has 0 saturated carbocycles. The van der Waals surface area contributed by atoms with Gasteiger partial charge in [0, 0.05) is 35.3 Å². The minimum Gasteiger partial charge on any atom is -0.366 e. The lowest BCUT2D eigenvalue weighted by atomic mass is 10.1. The molecule has 4 nitrogen and oxygen atoms in total. The van der Waals surface area contributed by atoms with Gasteiger partial charge in [-0.1, -0.05) is 0 Å². The molecule has 2 rings (SSSR count). The molecule has 0 saturated heterocycles. The minimum atomic E-state index is -0.556. The molecule has 0 fully saturated rings. The first kappa shape index (κ1) is 13.6. The molecule has 0 radical (unpaired) electrons. The Labute approximate surface area is 114 Å². The van der Waals surface area contributed by atoms with E-state index in [1.54, 1.807) is 17.5 Å². The van der Waals surface area contributed by atoms with Gasteiger partial charge in [-0.15, -0.1) is 11.3 Å². The molecule has 100 valence electrons. The van der Waals surface area contributed by atoms with Crippen LogP contribution in [-0.4, -0.2) is 10.9 Å². The molecule has 2 aromatic rings. The summed E-state index contributed by atoms with van der Waals surface area (Å²) in [5, 5.41) is 4.12. The Balaban J connectivity index is 1.99. The third-order valence-electron chi connectivity index (χ3n) is 2.61. The molecular weight excluding hydrogens is 265 g/mol. The van der Waals surface area contributed by atoms with Gasteiger partial charge < -0.3 is 11.1 Å². The van der Waals surface area contributed by atoms with E-state index in [1.807, 2.05) is 6.92 Å². The fourth-order valence-corrected chi connectivity index (χ4v) is 2.44. The van der Waals surface area contributed by atoms with Crippen LogP contribution in [0.1, 0.15) is 25.8 Å². The summed E-state index contributed by atoms with van der Waals surface area (Å²) in [6.45, 7) is 2.89. The number of nitrogens with two attached hydrogens (primary N) is 1. The lowest BCUT2D eigenvalue weighted by Gasteiger charge is -2.06. The van der Waals surface area contributed by atoms with Crippen LogP contribution >= 0.6 is 11.3 Å². The van der Waals surface area contributed by atoms with Crippen LogP contribution in [0, 0.1) is 12.7 Å². The van der Waals surface area contributed by atoms with Crippen molar-refractivity contribution in [1.29, 1.82) is 0 Å². The zero-order chi connectivity index (χ0) is 13.8. The number of hydrogen-bond donors (Lipinski definition) is 2. The number of hydrogen-bond acceptors (Lipinski definition) is 4. The molecule has 0 unspecified atom stereocenters. The summed E-state index contributed by atoms with van der Waals surface area (Å²) in [6.07, 6.45) is 1.79. The van der Waals surface area contributed by atoms with Crippen molar-refractivity contribution in [3.8, 4) is 0 Å². The molecule has 0 bridgehead atoms. The van der Waals surface area contributed by atoms with Crippen LogP contribution in [0.2, 0.25) is 0 Å². The van der Waals surface area contributed by atoms with Gasteiger partial charge in [0.25, 0.3) is 0 Å². The van der Waals surface area contributed by atoms with Crippen molar-refractivity contribution in [1.82, 2.24) is 10.3 Å². The lowest BCUT2D eigenvalue weighted by Crippen LogP contribution is -2.15. The topological polar surface area (TPSA) is 68.0 Å². The molecule has 6 heteroatoms. The fourth-order valence-electron chi connectivity index (χ4n) is 1.67. The summed E-state index contributed by atoms with van der Waals surface area (Å²) >= 11 is 1.59. The molecular formula is C13H14FN3OS. The smallest absolute Gasteiger partial charge is 0.248 e. The first-order chi connectivity index (χ1) is 9.06. The SMILES string of the molecule is Cc1ncc(CNCc2cc(C(N)=O)ccc2F)s1. The second kappa shape index (κ2) is 5.90. The molecule has 1 heterocycles. The number of nitrogens with one attached hydrogen (secondary N) is 1. The fraction of sp³-hybridized carbons (Fsp3) is 0.231. The van der Waals surface area contributed by atoms with E-state index < -0.39 is 5.91 Å². The zero-order valence-corrected chi connectivity index (χ0v) is 11.3. The molecule has 0 aliphatic heterocycles. The van der Waals surface area contributed by atoms with Crippen molar-refractivity contribution in [2.45, 2.75) is 20.0 Å². The molecule has 3 N–H and O–H groups in total. The first-order valence-corrected chi connectivity index (χ1v) is 6.58. The maximum Gasteiger partial charge on any atom is 0.248 e. The number of aryl methyl sites for hydroxylation is 1. The largest absolute Gasteiger partial charge is 0.366 e. The summed E-state index contributed by atoms with van der Waals surface area (Å²) in [5.74, 6) is -0.905. The van der Waals surface area contributed by atoms with Crippen LogP contribution in [0.4, 0.5) is 4.39 Å². The van der Waals surface area contributed by atoms with Gasteiger partial charge in [0.05, 0.1) is 5.01 Å². The number of amides is 1. The number of carbonyl (C=O) groups is 1. The molecule has 0 atom stereocenters. The van der Waals surface area contributed by atoms with Crippen LogP contribution in [0.25, 0.3) is 0 Å². The molecule has 19 heavy (non-hydrogen) atoms. The van der Waals surface area contributed by atoms with Crippen molar-refractivity contribution in [3.05, 3.63) is 51.2 Å². The zero-order valence-electron chi connectivity index (χ0n) is 10.4. The van der Waals surface area contributed by atoms with Crippen LogP contribution in [-0.2, 0) is 13.1 Å². The van der Waals surface area contributed by atoms with E-state index >= 15 is 0 Å². The summed E-state index contributed by atoms with van der Waals surface area (Å²) in [7, 11) is 0. The van der Waals surface area contributed by atoms with Gasteiger partial charge in [0.1, 0.15) is 5.82 Å². The summed E-state index contributed by atoms with van der Waals surface area (Å²) in [6, 6.07) is 4.12. The van der Waals surface area contributed by atoms with Crippen LogP contribution in [0.5, 0.6) is 0 Å². The second-order valence-corrected chi connectivity index (χ2v) is 5.44. The number of primary amides is 1. The van der Waals surface area contributed by atoms with Crippen LogP contribution in [0.15, 0.2) is 24.4 Å². The van der Waals surface area contributed by atoms with Crippen molar-refractivity contribution in [2.24, 2.45) is 5.73 Å². The second-order valence-electron chi connectivity index (χ2n) is 4.12. The quantitative estimate of drug-likeness (QED) is 0.879. The Kier molecular flexibility index (Phi) is 4.24. The van der Waals surface area contributed by atoms with E-state index in [0.29, 0.717) is 24.2 Å². The van der Waals surface area contributed by atoms with Crippen molar-refractivity contribution in [2.75, 3.05) is 0 Å². The van der Waals surface area contributed by atoms with Gasteiger partial charge in [0.15, 0.2) is 0 Å². The van der Waals surface area contributed by atoms with Gasteiger partial charge in [-0.3, -0.25) is 4.79 Å². The van der Waals surface area contributed by atoms with E-state index in [9.17, 15) is 9.18 Å². The molecule has 0 spiro atoms. The number of rotatable bonds is 5. The molecule has 1 aromatic carbocycles. The lowest BCUT2D eigenvalue weighted by molar-refractivity contribution is 0.1000. The first-order valence-electron chi connectivity index (χ1n) is 5.76. The minimum absolute atomic E-state index is 0.312. The van der Waals surface area contributed by atoms with Crippen molar-refractivity contribution >= 4 is 17.2 Å². The van der Waals surface area contributed by atoms with E-state index in [1.165, 1.54) is 18.2 Å². The molecule has 1 aromatic heterocycles. The Morgan fingerprint density at radius 3 is 2.89 bits per heavy atom. The number of thiazole rings is 1. The highest BCUT2D eigenvalue weighted by Gasteiger charge is 2.07. The van der Waals surface area contributed by atoms with Crippen molar-refractivity contribution < 1.29 is 9.18 Å². The highest BCUT2D eigenvalue weighted by atomic mass is 32.1. The number of carbonyl (C=O) groups excluding carboxylic acids is 1. The average Bonchev–Trinajstić information content (AvgIpc) is 2.77. The Morgan fingerprint density at radius 1 is 1.47 bits per heavy atom. The van der Waals surface area contributed by atoms with Gasteiger partial charge in [-0.2, -0.15) is 0 Å². The van der Waals surface area contributed by atoms with Crippen LogP contribution in [0.3, 0.4) is 0 Å².